The molecular formula is C11H13BrN4O3. The average molecular weight is 329 g/mol. The van der Waals surface area contributed by atoms with E-state index in [1.54, 1.807) is 4.90 Å². The summed E-state index contributed by atoms with van der Waals surface area (Å²) in [7, 11) is 1.49. The van der Waals surface area contributed by atoms with Crippen LogP contribution in [0.4, 0.5) is 5.95 Å². The number of rotatable bonds is 3. The molecule has 1 aromatic heterocycles. The lowest BCUT2D eigenvalue weighted by Gasteiger charge is -2.33. The van der Waals surface area contributed by atoms with Crippen LogP contribution >= 0.6 is 15.9 Å². The van der Waals surface area contributed by atoms with Crippen LogP contribution in [0.3, 0.4) is 0 Å². The van der Waals surface area contributed by atoms with Gasteiger partial charge in [0.1, 0.15) is 12.6 Å². The molecule has 1 saturated heterocycles. The molecule has 0 radical (unpaired) electrons. The van der Waals surface area contributed by atoms with Crippen LogP contribution in [0.2, 0.25) is 0 Å². The largest absolute Gasteiger partial charge is 0.480 e. The van der Waals surface area contributed by atoms with E-state index in [9.17, 15) is 9.59 Å². The second-order valence-corrected chi connectivity index (χ2v) is 4.85. The van der Waals surface area contributed by atoms with Gasteiger partial charge in [-0.2, -0.15) is 4.98 Å². The summed E-state index contributed by atoms with van der Waals surface area (Å²) in [5, 5.41) is 2.30. The fraction of sp³-hybridized carbons (Fsp3) is 0.455. The fourth-order valence-electron chi connectivity index (χ4n) is 1.91. The van der Waals surface area contributed by atoms with Crippen LogP contribution in [0.1, 0.15) is 13.3 Å². The van der Waals surface area contributed by atoms with Crippen molar-refractivity contribution >= 4 is 33.7 Å². The Morgan fingerprint density at radius 1 is 1.58 bits per heavy atom. The molecule has 2 rings (SSSR count). The van der Waals surface area contributed by atoms with Crippen LogP contribution in [0, 0.1) is 0 Å². The van der Waals surface area contributed by atoms with Crippen LogP contribution in [-0.2, 0) is 9.59 Å². The Morgan fingerprint density at radius 3 is 2.95 bits per heavy atom. The zero-order chi connectivity index (χ0) is 14.0. The minimum absolute atomic E-state index is 0.0506. The number of anilines is 1. The number of carbonyl (C=O) groups excluding carboxylic acids is 2. The number of ether oxygens (including phenoxy) is 1. The van der Waals surface area contributed by atoms with Gasteiger partial charge in [-0.3, -0.25) is 14.9 Å². The third-order valence-electron chi connectivity index (χ3n) is 2.79. The zero-order valence-corrected chi connectivity index (χ0v) is 12.1. The Morgan fingerprint density at radius 2 is 2.32 bits per heavy atom. The zero-order valence-electron chi connectivity index (χ0n) is 10.5. The second kappa shape index (κ2) is 5.52. The molecule has 0 aliphatic carbocycles. The molecule has 0 saturated carbocycles. The first-order chi connectivity index (χ1) is 9.06. The molecule has 1 aliphatic heterocycles. The highest BCUT2D eigenvalue weighted by atomic mass is 79.9. The standard InChI is InChI=1S/C11H13BrN4O3/c1-3-7-9(18)14-8(17)5-16(7)11-13-4-6(12)10(15-11)19-2/h4,7H,3,5H2,1-2H3,(H,14,17,18). The summed E-state index contributed by atoms with van der Waals surface area (Å²) in [6.45, 7) is 1.91. The minimum atomic E-state index is -0.455. The maximum atomic E-state index is 11.8. The number of nitrogens with one attached hydrogen (secondary N) is 1. The summed E-state index contributed by atoms with van der Waals surface area (Å²) in [5.74, 6) is -0.0298. The van der Waals surface area contributed by atoms with Crippen LogP contribution in [0.5, 0.6) is 5.88 Å². The number of carbonyl (C=O) groups is 2. The molecule has 7 nitrogen and oxygen atoms in total. The first kappa shape index (κ1) is 13.7. The number of piperazine rings is 1. The Hall–Kier alpha value is -1.70. The second-order valence-electron chi connectivity index (χ2n) is 3.99. The fourth-order valence-corrected chi connectivity index (χ4v) is 2.26. The number of hydrogen-bond acceptors (Lipinski definition) is 6. The Kier molecular flexibility index (Phi) is 3.98. The molecule has 1 aromatic rings. The van der Waals surface area contributed by atoms with Gasteiger partial charge < -0.3 is 9.64 Å². The normalized spacial score (nSPS) is 19.3. The molecule has 1 aliphatic rings. The SMILES string of the molecule is CCC1C(=O)NC(=O)CN1c1ncc(Br)c(OC)n1. The van der Waals surface area contributed by atoms with E-state index in [0.29, 0.717) is 22.7 Å². The van der Waals surface area contributed by atoms with Crippen molar-refractivity contribution in [1.29, 1.82) is 0 Å². The molecule has 1 unspecified atom stereocenters. The van der Waals surface area contributed by atoms with Crippen LogP contribution in [-0.4, -0.2) is 41.5 Å². The predicted octanol–water partition coefficient (Wildman–Crippen LogP) is 0.489. The molecule has 0 bridgehead atoms. The van der Waals surface area contributed by atoms with Crippen molar-refractivity contribution in [2.45, 2.75) is 19.4 Å². The number of methoxy groups -OCH3 is 1. The van der Waals surface area contributed by atoms with Crippen molar-refractivity contribution in [1.82, 2.24) is 15.3 Å². The van der Waals surface area contributed by atoms with Crippen molar-refractivity contribution in [3.63, 3.8) is 0 Å². The topological polar surface area (TPSA) is 84.4 Å². The average Bonchev–Trinajstić information content (AvgIpc) is 2.38. The Bertz CT molecular complexity index is 523. The Balaban J connectivity index is 2.37. The Labute approximate surface area is 118 Å². The summed E-state index contributed by atoms with van der Waals surface area (Å²) in [4.78, 5) is 33.1. The van der Waals surface area contributed by atoms with E-state index in [0.717, 1.165) is 0 Å². The van der Waals surface area contributed by atoms with Crippen LogP contribution < -0.4 is 15.0 Å². The number of hydrogen-bond donors (Lipinski definition) is 1. The number of amides is 2. The maximum Gasteiger partial charge on any atom is 0.249 e. The summed E-state index contributed by atoms with van der Waals surface area (Å²) < 4.78 is 5.70. The van der Waals surface area contributed by atoms with Gasteiger partial charge >= 0.3 is 0 Å². The van der Waals surface area contributed by atoms with E-state index >= 15 is 0 Å². The lowest BCUT2D eigenvalue weighted by molar-refractivity contribution is -0.133. The molecule has 2 heterocycles. The molecule has 102 valence electrons. The van der Waals surface area contributed by atoms with Crippen molar-refractivity contribution in [2.75, 3.05) is 18.6 Å². The highest BCUT2D eigenvalue weighted by Crippen LogP contribution is 2.25. The van der Waals surface area contributed by atoms with Crippen molar-refractivity contribution in [3.05, 3.63) is 10.7 Å². The molecule has 0 spiro atoms. The summed E-state index contributed by atoms with van der Waals surface area (Å²) >= 11 is 3.26. The van der Waals surface area contributed by atoms with E-state index in [1.807, 2.05) is 6.92 Å². The van der Waals surface area contributed by atoms with E-state index in [1.165, 1.54) is 13.3 Å². The third kappa shape index (κ3) is 2.67. The minimum Gasteiger partial charge on any atom is -0.480 e. The van der Waals surface area contributed by atoms with Gasteiger partial charge in [0.05, 0.1) is 17.8 Å². The molecule has 19 heavy (non-hydrogen) atoms. The van der Waals surface area contributed by atoms with Gasteiger partial charge in [-0.1, -0.05) is 6.92 Å². The summed E-state index contributed by atoms with van der Waals surface area (Å²) in [6, 6.07) is -0.455. The van der Waals surface area contributed by atoms with Crippen molar-refractivity contribution in [2.24, 2.45) is 0 Å². The lowest BCUT2D eigenvalue weighted by Crippen LogP contribution is -2.58. The van der Waals surface area contributed by atoms with E-state index in [4.69, 9.17) is 4.74 Å². The quantitative estimate of drug-likeness (QED) is 0.813. The molecule has 0 aromatic carbocycles. The van der Waals surface area contributed by atoms with Crippen molar-refractivity contribution in [3.8, 4) is 5.88 Å². The first-order valence-electron chi connectivity index (χ1n) is 5.73. The van der Waals surface area contributed by atoms with E-state index in [2.05, 4.69) is 31.2 Å². The van der Waals surface area contributed by atoms with Crippen molar-refractivity contribution < 1.29 is 14.3 Å². The maximum absolute atomic E-state index is 11.8. The number of imide groups is 1. The summed E-state index contributed by atoms with van der Waals surface area (Å²) in [6.07, 6.45) is 2.09. The predicted molar refractivity (Wildman–Crippen MR) is 70.9 cm³/mol. The highest BCUT2D eigenvalue weighted by Gasteiger charge is 2.34. The molecule has 8 heteroatoms. The van der Waals surface area contributed by atoms with Crippen LogP contribution in [0.25, 0.3) is 0 Å². The van der Waals surface area contributed by atoms with Gasteiger partial charge in [-0.05, 0) is 22.4 Å². The number of aromatic nitrogens is 2. The van der Waals surface area contributed by atoms with Gasteiger partial charge in [0.2, 0.25) is 23.6 Å². The van der Waals surface area contributed by atoms with Gasteiger partial charge in [0, 0.05) is 0 Å². The molecule has 2 amide bonds. The third-order valence-corrected chi connectivity index (χ3v) is 3.34. The lowest BCUT2D eigenvalue weighted by atomic mass is 10.1. The molecule has 1 N–H and O–H groups in total. The molecular weight excluding hydrogens is 316 g/mol. The molecule has 1 atom stereocenters. The van der Waals surface area contributed by atoms with Gasteiger partial charge in [0.15, 0.2) is 0 Å². The van der Waals surface area contributed by atoms with Gasteiger partial charge in [-0.25, -0.2) is 4.98 Å². The monoisotopic (exact) mass is 328 g/mol. The van der Waals surface area contributed by atoms with Gasteiger partial charge in [-0.15, -0.1) is 0 Å². The smallest absolute Gasteiger partial charge is 0.249 e. The number of nitrogens with zero attached hydrogens (tertiary/aromatic N) is 3. The molecule has 1 fully saturated rings. The summed E-state index contributed by atoms with van der Waals surface area (Å²) in [5.41, 5.74) is 0. The van der Waals surface area contributed by atoms with E-state index < -0.39 is 6.04 Å². The van der Waals surface area contributed by atoms with E-state index in [-0.39, 0.29) is 18.4 Å². The first-order valence-corrected chi connectivity index (χ1v) is 6.53. The van der Waals surface area contributed by atoms with Crippen LogP contribution in [0.15, 0.2) is 10.7 Å². The van der Waals surface area contributed by atoms with Gasteiger partial charge in [0.25, 0.3) is 0 Å². The number of halogens is 1. The highest BCUT2D eigenvalue weighted by molar-refractivity contribution is 9.10.